The summed E-state index contributed by atoms with van der Waals surface area (Å²) in [7, 11) is 2.13. The molecule has 0 saturated heterocycles. The maximum Gasteiger partial charge on any atom is 0.220 e. The van der Waals surface area contributed by atoms with Gasteiger partial charge in [-0.05, 0) is 35.6 Å². The third kappa shape index (κ3) is 1.72. The van der Waals surface area contributed by atoms with Gasteiger partial charge in [0.2, 0.25) is 5.69 Å². The fourth-order valence-electron chi connectivity index (χ4n) is 3.96. The van der Waals surface area contributed by atoms with Crippen molar-refractivity contribution in [2.24, 2.45) is 7.05 Å². The van der Waals surface area contributed by atoms with Crippen molar-refractivity contribution < 1.29 is 4.57 Å². The number of imidazole rings is 1. The summed E-state index contributed by atoms with van der Waals surface area (Å²) in [5.41, 5.74) is 6.58. The summed E-state index contributed by atoms with van der Waals surface area (Å²) in [6.45, 7) is 2.21. The summed E-state index contributed by atoms with van der Waals surface area (Å²) in [5, 5.41) is 2.57. The number of pyridine rings is 1. The van der Waals surface area contributed by atoms with Crippen molar-refractivity contribution in [2.45, 2.75) is 13.3 Å². The molecule has 0 spiro atoms. The number of nitrogens with zero attached hydrogens (tertiary/aromatic N) is 3. The lowest BCUT2D eigenvalue weighted by molar-refractivity contribution is -0.659. The molecule has 0 bridgehead atoms. The van der Waals surface area contributed by atoms with E-state index in [0.717, 1.165) is 12.2 Å². The Kier molecular flexibility index (Phi) is 2.69. The van der Waals surface area contributed by atoms with Gasteiger partial charge in [-0.1, -0.05) is 24.3 Å². The van der Waals surface area contributed by atoms with Crippen LogP contribution < -0.4 is 4.57 Å². The standard InChI is InChI=1S/C21H18N3/c1-14-7-8-18-17(13-19-22-10-12-24(18)19)20(14)21-16-6-4-3-5-15(16)9-11-23(21)2/h3-12H,13H2,1-2H3/q+1. The second-order valence-electron chi connectivity index (χ2n) is 6.51. The Morgan fingerprint density at radius 1 is 1.08 bits per heavy atom. The highest BCUT2D eigenvalue weighted by Crippen LogP contribution is 2.38. The minimum atomic E-state index is 0.891. The van der Waals surface area contributed by atoms with Gasteiger partial charge in [0, 0.05) is 24.9 Å². The summed E-state index contributed by atoms with van der Waals surface area (Å²) in [4.78, 5) is 4.52. The minimum absolute atomic E-state index is 0.891. The predicted octanol–water partition coefficient (Wildman–Crippen LogP) is 3.73. The van der Waals surface area contributed by atoms with Crippen LogP contribution in [-0.4, -0.2) is 9.55 Å². The van der Waals surface area contributed by atoms with Crippen LogP contribution in [0.3, 0.4) is 0 Å². The van der Waals surface area contributed by atoms with Crippen molar-refractivity contribution in [1.29, 1.82) is 0 Å². The first kappa shape index (κ1) is 13.5. The summed E-state index contributed by atoms with van der Waals surface area (Å²) < 4.78 is 4.45. The molecule has 0 amide bonds. The number of aromatic nitrogens is 3. The van der Waals surface area contributed by atoms with Gasteiger partial charge in [-0.2, -0.15) is 0 Å². The van der Waals surface area contributed by atoms with Crippen LogP contribution in [0.5, 0.6) is 0 Å². The molecule has 0 radical (unpaired) electrons. The van der Waals surface area contributed by atoms with Crippen LogP contribution in [0.2, 0.25) is 0 Å². The van der Waals surface area contributed by atoms with E-state index < -0.39 is 0 Å². The molecule has 3 nitrogen and oxygen atoms in total. The van der Waals surface area contributed by atoms with Crippen LogP contribution in [0, 0.1) is 6.92 Å². The molecule has 0 aliphatic carbocycles. The smallest absolute Gasteiger partial charge is 0.220 e. The van der Waals surface area contributed by atoms with Crippen molar-refractivity contribution in [1.82, 2.24) is 9.55 Å². The molecule has 0 saturated carbocycles. The highest BCUT2D eigenvalue weighted by atomic mass is 15.1. The van der Waals surface area contributed by atoms with E-state index >= 15 is 0 Å². The van der Waals surface area contributed by atoms with E-state index in [9.17, 15) is 0 Å². The molecular formula is C21H18N3+. The van der Waals surface area contributed by atoms with Gasteiger partial charge in [0.1, 0.15) is 12.9 Å². The first-order chi connectivity index (χ1) is 11.7. The first-order valence-electron chi connectivity index (χ1n) is 8.27. The summed E-state index contributed by atoms with van der Waals surface area (Å²) in [6, 6.07) is 15.3. The fraction of sp³-hybridized carbons (Fsp3) is 0.143. The van der Waals surface area contributed by atoms with Gasteiger partial charge in [-0.25, -0.2) is 9.55 Å². The van der Waals surface area contributed by atoms with E-state index in [4.69, 9.17) is 0 Å². The number of benzene rings is 2. The molecule has 3 heterocycles. The Morgan fingerprint density at radius 3 is 2.88 bits per heavy atom. The first-order valence-corrected chi connectivity index (χ1v) is 8.27. The van der Waals surface area contributed by atoms with Crippen LogP contribution >= 0.6 is 0 Å². The maximum absolute atomic E-state index is 4.52. The van der Waals surface area contributed by atoms with Crippen LogP contribution in [0.4, 0.5) is 0 Å². The van der Waals surface area contributed by atoms with Crippen LogP contribution in [0.25, 0.3) is 27.7 Å². The predicted molar refractivity (Wildman–Crippen MR) is 95.2 cm³/mol. The molecule has 0 atom stereocenters. The molecule has 0 N–H and O–H groups in total. The Balaban J connectivity index is 1.89. The van der Waals surface area contributed by atoms with Gasteiger partial charge in [-0.3, -0.25) is 0 Å². The molecule has 3 heteroatoms. The van der Waals surface area contributed by atoms with E-state index in [1.807, 2.05) is 6.20 Å². The Morgan fingerprint density at radius 2 is 1.96 bits per heavy atom. The van der Waals surface area contributed by atoms with E-state index in [1.54, 1.807) is 0 Å². The molecule has 5 rings (SSSR count). The van der Waals surface area contributed by atoms with Crippen molar-refractivity contribution >= 4 is 10.8 Å². The van der Waals surface area contributed by atoms with E-state index in [0.29, 0.717) is 0 Å². The van der Waals surface area contributed by atoms with E-state index in [-0.39, 0.29) is 0 Å². The fourth-order valence-corrected chi connectivity index (χ4v) is 3.96. The number of rotatable bonds is 1. The third-order valence-corrected chi connectivity index (χ3v) is 5.09. The Bertz CT molecular complexity index is 1110. The quantitative estimate of drug-likeness (QED) is 0.432. The summed E-state index contributed by atoms with van der Waals surface area (Å²) in [6.07, 6.45) is 6.99. The van der Waals surface area contributed by atoms with Crippen LogP contribution in [0.1, 0.15) is 17.0 Å². The summed E-state index contributed by atoms with van der Waals surface area (Å²) in [5.74, 6) is 1.12. The van der Waals surface area contributed by atoms with Gasteiger partial charge < -0.3 is 4.57 Å². The lowest BCUT2D eigenvalue weighted by Crippen LogP contribution is -2.31. The Labute approximate surface area is 140 Å². The molecule has 116 valence electrons. The second-order valence-corrected chi connectivity index (χ2v) is 6.51. The zero-order valence-corrected chi connectivity index (χ0v) is 13.8. The SMILES string of the molecule is Cc1ccc2c(c1-c1c3ccccc3cc[n+]1C)Cc1nccn1-2. The molecule has 0 fully saturated rings. The van der Waals surface area contributed by atoms with Crippen LogP contribution in [-0.2, 0) is 13.5 Å². The molecule has 2 aromatic carbocycles. The van der Waals surface area contributed by atoms with Crippen molar-refractivity contribution in [3.8, 4) is 16.9 Å². The topological polar surface area (TPSA) is 21.7 Å². The molecule has 4 aromatic rings. The molecule has 2 aromatic heterocycles. The van der Waals surface area contributed by atoms with Gasteiger partial charge in [0.25, 0.3) is 0 Å². The number of aryl methyl sites for hydroxylation is 2. The molecular weight excluding hydrogens is 294 g/mol. The monoisotopic (exact) mass is 312 g/mol. The second kappa shape index (κ2) is 4.78. The molecule has 24 heavy (non-hydrogen) atoms. The zero-order valence-electron chi connectivity index (χ0n) is 13.8. The third-order valence-electron chi connectivity index (χ3n) is 5.09. The average molecular weight is 312 g/mol. The van der Waals surface area contributed by atoms with Crippen molar-refractivity contribution in [3.05, 3.63) is 78.0 Å². The lowest BCUT2D eigenvalue weighted by atomic mass is 9.93. The zero-order chi connectivity index (χ0) is 16.3. The van der Waals surface area contributed by atoms with Gasteiger partial charge in [-0.15, -0.1) is 0 Å². The maximum atomic E-state index is 4.52. The van der Waals surface area contributed by atoms with Gasteiger partial charge in [0.15, 0.2) is 6.20 Å². The lowest BCUT2D eigenvalue weighted by Gasteiger charge is -2.12. The number of hydrogen-bond acceptors (Lipinski definition) is 1. The van der Waals surface area contributed by atoms with Gasteiger partial charge >= 0.3 is 0 Å². The summed E-state index contributed by atoms with van der Waals surface area (Å²) >= 11 is 0. The minimum Gasteiger partial charge on any atom is -0.303 e. The average Bonchev–Trinajstić information content (AvgIpc) is 3.17. The largest absolute Gasteiger partial charge is 0.303 e. The van der Waals surface area contributed by atoms with Crippen LogP contribution in [0.15, 0.2) is 61.1 Å². The normalized spacial score (nSPS) is 12.4. The molecule has 1 aliphatic rings. The Hall–Kier alpha value is -2.94. The molecule has 1 aliphatic heterocycles. The van der Waals surface area contributed by atoms with Crippen molar-refractivity contribution in [2.75, 3.05) is 0 Å². The van der Waals surface area contributed by atoms with E-state index in [1.165, 1.54) is 38.8 Å². The highest BCUT2D eigenvalue weighted by molar-refractivity contribution is 5.95. The highest BCUT2D eigenvalue weighted by Gasteiger charge is 2.27. The van der Waals surface area contributed by atoms with Gasteiger partial charge in [0.05, 0.1) is 16.6 Å². The van der Waals surface area contributed by atoms with Crippen molar-refractivity contribution in [3.63, 3.8) is 0 Å². The molecule has 0 unspecified atom stereocenters. The van der Waals surface area contributed by atoms with E-state index in [2.05, 4.69) is 82.9 Å². The number of hydrogen-bond donors (Lipinski definition) is 0. The number of fused-ring (bicyclic) bond motifs is 4.